The van der Waals surface area contributed by atoms with E-state index in [0.29, 0.717) is 28.5 Å². The second-order valence-electron chi connectivity index (χ2n) is 4.38. The summed E-state index contributed by atoms with van der Waals surface area (Å²) in [6.45, 7) is 0. The van der Waals surface area contributed by atoms with Crippen LogP contribution in [0.15, 0.2) is 36.4 Å². The summed E-state index contributed by atoms with van der Waals surface area (Å²) in [6, 6.07) is 10.7. The van der Waals surface area contributed by atoms with Gasteiger partial charge in [0.05, 0.1) is 21.3 Å². The van der Waals surface area contributed by atoms with Crippen molar-refractivity contribution >= 4 is 34.2 Å². The van der Waals surface area contributed by atoms with Gasteiger partial charge in [0, 0.05) is 27.0 Å². The Bertz CT molecular complexity index is 663. The lowest BCUT2D eigenvalue weighted by atomic mass is 10.2. The first-order valence-electron chi connectivity index (χ1n) is 6.46. The highest BCUT2D eigenvalue weighted by molar-refractivity contribution is 14.1. The molecule has 1 amide bonds. The first kappa shape index (κ1) is 16.4. The molecule has 22 heavy (non-hydrogen) atoms. The fourth-order valence-electron chi connectivity index (χ4n) is 1.99. The van der Waals surface area contributed by atoms with Crippen molar-refractivity contribution in [2.45, 2.75) is 0 Å². The summed E-state index contributed by atoms with van der Waals surface area (Å²) in [6.07, 6.45) is 0. The largest absolute Gasteiger partial charge is 0.493 e. The van der Waals surface area contributed by atoms with Crippen molar-refractivity contribution in [1.29, 1.82) is 0 Å². The fourth-order valence-corrected chi connectivity index (χ4v) is 2.53. The third-order valence-corrected chi connectivity index (χ3v) is 3.68. The zero-order valence-electron chi connectivity index (χ0n) is 12.5. The number of ether oxygens (including phenoxy) is 3. The molecular weight excluding hydrogens is 397 g/mol. The second kappa shape index (κ2) is 7.35. The van der Waals surface area contributed by atoms with E-state index in [4.69, 9.17) is 14.2 Å². The molecule has 0 bridgehead atoms. The van der Waals surface area contributed by atoms with Crippen molar-refractivity contribution in [3.05, 3.63) is 45.5 Å². The Morgan fingerprint density at radius 2 is 1.64 bits per heavy atom. The molecule has 0 aliphatic heterocycles. The minimum absolute atomic E-state index is 0.201. The Morgan fingerprint density at radius 1 is 1.00 bits per heavy atom. The van der Waals surface area contributed by atoms with Crippen LogP contribution < -0.4 is 19.5 Å². The lowest BCUT2D eigenvalue weighted by molar-refractivity contribution is 0.102. The maximum Gasteiger partial charge on any atom is 0.255 e. The van der Waals surface area contributed by atoms with E-state index >= 15 is 0 Å². The molecule has 0 aliphatic carbocycles. The van der Waals surface area contributed by atoms with Gasteiger partial charge in [0.1, 0.15) is 0 Å². The van der Waals surface area contributed by atoms with E-state index in [1.54, 1.807) is 18.2 Å². The molecule has 1 N–H and O–H groups in total. The monoisotopic (exact) mass is 413 g/mol. The molecule has 6 heteroatoms. The number of rotatable bonds is 5. The van der Waals surface area contributed by atoms with Gasteiger partial charge < -0.3 is 19.5 Å². The summed E-state index contributed by atoms with van der Waals surface area (Å²) in [5.41, 5.74) is 1.15. The molecule has 0 fully saturated rings. The van der Waals surface area contributed by atoms with Crippen LogP contribution in [0.2, 0.25) is 0 Å². The number of carbonyl (C=O) groups excluding carboxylic acids is 1. The number of carbonyl (C=O) groups is 1. The molecule has 0 atom stereocenters. The van der Waals surface area contributed by atoms with Gasteiger partial charge in [0.25, 0.3) is 5.91 Å². The number of hydrogen-bond donors (Lipinski definition) is 1. The molecule has 2 aromatic rings. The van der Waals surface area contributed by atoms with Gasteiger partial charge in [0.15, 0.2) is 11.5 Å². The van der Waals surface area contributed by atoms with Crippen LogP contribution in [0.4, 0.5) is 5.69 Å². The molecule has 5 nitrogen and oxygen atoms in total. The van der Waals surface area contributed by atoms with Gasteiger partial charge in [-0.2, -0.15) is 0 Å². The summed E-state index contributed by atoms with van der Waals surface area (Å²) in [7, 11) is 4.59. The van der Waals surface area contributed by atoms with Crippen LogP contribution in [-0.2, 0) is 0 Å². The Hall–Kier alpha value is -1.96. The summed E-state index contributed by atoms with van der Waals surface area (Å²) in [5, 5.41) is 2.83. The molecule has 0 aliphatic rings. The topological polar surface area (TPSA) is 56.8 Å². The normalized spacial score (nSPS) is 10.0. The maximum atomic E-state index is 12.3. The lowest BCUT2D eigenvalue weighted by Crippen LogP contribution is -2.12. The van der Waals surface area contributed by atoms with E-state index in [1.807, 2.05) is 18.2 Å². The van der Waals surface area contributed by atoms with Crippen LogP contribution in [-0.4, -0.2) is 27.2 Å². The Balaban J connectivity index is 2.31. The Kier molecular flexibility index (Phi) is 5.48. The average molecular weight is 413 g/mol. The average Bonchev–Trinajstić information content (AvgIpc) is 2.53. The predicted octanol–water partition coefficient (Wildman–Crippen LogP) is 3.57. The summed E-state index contributed by atoms with van der Waals surface area (Å²) in [4.78, 5) is 12.3. The van der Waals surface area contributed by atoms with Crippen LogP contribution in [0, 0.1) is 3.57 Å². The van der Waals surface area contributed by atoms with Gasteiger partial charge in [-0.25, -0.2) is 0 Å². The molecule has 2 rings (SSSR count). The maximum absolute atomic E-state index is 12.3. The van der Waals surface area contributed by atoms with Crippen molar-refractivity contribution < 1.29 is 19.0 Å². The van der Waals surface area contributed by atoms with E-state index in [-0.39, 0.29) is 5.91 Å². The van der Waals surface area contributed by atoms with Gasteiger partial charge >= 0.3 is 0 Å². The van der Waals surface area contributed by atoms with E-state index in [2.05, 4.69) is 27.9 Å². The standard InChI is InChI=1S/C16H16INO4/c1-20-13-8-12(9-14(21-2)15(13)22-3)18-16(19)10-5-4-6-11(17)7-10/h4-9H,1-3H3,(H,18,19). The molecule has 0 heterocycles. The molecule has 116 valence electrons. The van der Waals surface area contributed by atoms with E-state index < -0.39 is 0 Å². The number of benzene rings is 2. The molecule has 0 aromatic heterocycles. The second-order valence-corrected chi connectivity index (χ2v) is 5.62. The molecule has 0 unspecified atom stereocenters. The number of anilines is 1. The van der Waals surface area contributed by atoms with Gasteiger partial charge in [-0.3, -0.25) is 4.79 Å². The van der Waals surface area contributed by atoms with Crippen LogP contribution in [0.25, 0.3) is 0 Å². The highest BCUT2D eigenvalue weighted by Crippen LogP contribution is 2.40. The van der Waals surface area contributed by atoms with Gasteiger partial charge in [-0.1, -0.05) is 6.07 Å². The summed E-state index contributed by atoms with van der Waals surface area (Å²) >= 11 is 2.17. The quantitative estimate of drug-likeness (QED) is 0.762. The van der Waals surface area contributed by atoms with Crippen molar-refractivity contribution in [2.75, 3.05) is 26.6 Å². The molecule has 2 aromatic carbocycles. The molecule has 0 radical (unpaired) electrons. The Labute approximate surface area is 142 Å². The molecule has 0 saturated heterocycles. The number of nitrogens with one attached hydrogen (secondary N) is 1. The van der Waals surface area contributed by atoms with E-state index in [0.717, 1.165) is 3.57 Å². The SMILES string of the molecule is COc1cc(NC(=O)c2cccc(I)c2)cc(OC)c1OC. The minimum Gasteiger partial charge on any atom is -0.493 e. The van der Waals surface area contributed by atoms with E-state index in [9.17, 15) is 4.79 Å². The Morgan fingerprint density at radius 3 is 2.14 bits per heavy atom. The first-order chi connectivity index (χ1) is 10.6. The van der Waals surface area contributed by atoms with Gasteiger partial charge in [-0.05, 0) is 40.8 Å². The number of hydrogen-bond acceptors (Lipinski definition) is 4. The first-order valence-corrected chi connectivity index (χ1v) is 7.54. The predicted molar refractivity (Wildman–Crippen MR) is 93.2 cm³/mol. The van der Waals surface area contributed by atoms with Crippen molar-refractivity contribution in [1.82, 2.24) is 0 Å². The molecule has 0 saturated carbocycles. The van der Waals surface area contributed by atoms with Crippen LogP contribution in [0.5, 0.6) is 17.2 Å². The zero-order valence-corrected chi connectivity index (χ0v) is 14.6. The highest BCUT2D eigenvalue weighted by Gasteiger charge is 2.15. The number of methoxy groups -OCH3 is 3. The molecule has 0 spiro atoms. The molecular formula is C16H16INO4. The third-order valence-electron chi connectivity index (χ3n) is 3.01. The lowest BCUT2D eigenvalue weighted by Gasteiger charge is -2.14. The minimum atomic E-state index is -0.201. The van der Waals surface area contributed by atoms with Gasteiger partial charge in [-0.15, -0.1) is 0 Å². The summed E-state index contributed by atoms with van der Waals surface area (Å²) < 4.78 is 16.8. The van der Waals surface area contributed by atoms with Crippen molar-refractivity contribution in [2.24, 2.45) is 0 Å². The van der Waals surface area contributed by atoms with Crippen LogP contribution >= 0.6 is 22.6 Å². The smallest absolute Gasteiger partial charge is 0.255 e. The zero-order chi connectivity index (χ0) is 16.1. The number of amides is 1. The fraction of sp³-hybridized carbons (Fsp3) is 0.188. The van der Waals surface area contributed by atoms with Crippen molar-refractivity contribution in [3.63, 3.8) is 0 Å². The summed E-state index contributed by atoms with van der Waals surface area (Å²) in [5.74, 6) is 1.25. The van der Waals surface area contributed by atoms with Crippen molar-refractivity contribution in [3.8, 4) is 17.2 Å². The third kappa shape index (κ3) is 3.62. The highest BCUT2D eigenvalue weighted by atomic mass is 127. The van der Waals surface area contributed by atoms with Gasteiger partial charge in [0.2, 0.25) is 5.75 Å². The van der Waals surface area contributed by atoms with Crippen LogP contribution in [0.1, 0.15) is 10.4 Å². The van der Waals surface area contributed by atoms with E-state index in [1.165, 1.54) is 21.3 Å². The number of halogens is 1. The van der Waals surface area contributed by atoms with Crippen LogP contribution in [0.3, 0.4) is 0 Å².